The summed E-state index contributed by atoms with van der Waals surface area (Å²) in [5.74, 6) is -0.105. The average Bonchev–Trinajstić information content (AvgIpc) is 3.28. The summed E-state index contributed by atoms with van der Waals surface area (Å²) in [6.45, 7) is 5.87. The van der Waals surface area contributed by atoms with Gasteiger partial charge in [0.15, 0.2) is 5.78 Å². The topological polar surface area (TPSA) is 37.3 Å². The van der Waals surface area contributed by atoms with Gasteiger partial charge < -0.3 is 5.11 Å². The monoisotopic (exact) mass is 305 g/mol. The molecule has 1 saturated carbocycles. The number of benzene rings is 1. The molecular formula is C21H21O2. The van der Waals surface area contributed by atoms with E-state index in [0.717, 1.165) is 30.4 Å². The van der Waals surface area contributed by atoms with Gasteiger partial charge in [-0.1, -0.05) is 29.8 Å². The molecule has 117 valence electrons. The van der Waals surface area contributed by atoms with Crippen LogP contribution in [0.4, 0.5) is 0 Å². The van der Waals surface area contributed by atoms with Crippen LogP contribution in [0.1, 0.15) is 39.2 Å². The Morgan fingerprint density at radius 2 is 1.87 bits per heavy atom. The third-order valence-corrected chi connectivity index (χ3v) is 6.04. The Morgan fingerprint density at radius 3 is 2.48 bits per heavy atom. The zero-order chi connectivity index (χ0) is 16.4. The predicted molar refractivity (Wildman–Crippen MR) is 89.8 cm³/mol. The summed E-state index contributed by atoms with van der Waals surface area (Å²) < 4.78 is 0. The van der Waals surface area contributed by atoms with Crippen molar-refractivity contribution in [1.29, 1.82) is 0 Å². The van der Waals surface area contributed by atoms with Crippen molar-refractivity contribution < 1.29 is 9.90 Å². The maximum atomic E-state index is 12.9. The fraction of sp³-hybridized carbons (Fsp3) is 0.381. The molecule has 1 aromatic rings. The lowest BCUT2D eigenvalue weighted by molar-refractivity contribution is -0.137. The Labute approximate surface area is 137 Å². The van der Waals surface area contributed by atoms with E-state index in [0.29, 0.717) is 5.57 Å². The number of Topliss-reactive ketones (excluding diaryl/α,β-unsaturated/α-hetero) is 1. The van der Waals surface area contributed by atoms with Gasteiger partial charge >= 0.3 is 0 Å². The summed E-state index contributed by atoms with van der Waals surface area (Å²) in [6, 6.07) is 11.0. The number of hydrogen-bond acceptors (Lipinski definition) is 2. The van der Waals surface area contributed by atoms with E-state index in [4.69, 9.17) is 0 Å². The van der Waals surface area contributed by atoms with Gasteiger partial charge in [-0.15, -0.1) is 0 Å². The highest BCUT2D eigenvalue weighted by Gasteiger charge is 2.64. The van der Waals surface area contributed by atoms with Crippen LogP contribution in [0.5, 0.6) is 0 Å². The summed E-state index contributed by atoms with van der Waals surface area (Å²) in [4.78, 5) is 12.9. The van der Waals surface area contributed by atoms with Crippen LogP contribution < -0.4 is 0 Å². The molecule has 1 aromatic carbocycles. The molecular weight excluding hydrogens is 284 g/mol. The summed E-state index contributed by atoms with van der Waals surface area (Å²) in [6.07, 6.45) is 4.59. The molecule has 0 aliphatic heterocycles. The van der Waals surface area contributed by atoms with Crippen molar-refractivity contribution >= 4 is 5.78 Å². The van der Waals surface area contributed by atoms with Crippen LogP contribution in [0.3, 0.4) is 0 Å². The lowest BCUT2D eigenvalue weighted by Gasteiger charge is -2.39. The molecule has 3 aliphatic carbocycles. The number of aliphatic hydroxyl groups is 1. The number of hydrogen-bond donors (Lipinski definition) is 1. The van der Waals surface area contributed by atoms with Crippen LogP contribution in [0, 0.1) is 11.5 Å². The fourth-order valence-electron chi connectivity index (χ4n) is 4.38. The predicted octanol–water partition coefficient (Wildman–Crippen LogP) is 3.72. The molecule has 4 rings (SSSR count). The molecule has 1 spiro atoms. The van der Waals surface area contributed by atoms with E-state index in [9.17, 15) is 9.90 Å². The third-order valence-electron chi connectivity index (χ3n) is 6.04. The van der Waals surface area contributed by atoms with E-state index in [1.54, 1.807) is 6.92 Å². The highest BCUT2D eigenvalue weighted by Crippen LogP contribution is 2.65. The van der Waals surface area contributed by atoms with Crippen molar-refractivity contribution in [3.8, 4) is 0 Å². The van der Waals surface area contributed by atoms with E-state index in [-0.39, 0.29) is 11.2 Å². The summed E-state index contributed by atoms with van der Waals surface area (Å²) in [5.41, 5.74) is 5.01. The van der Waals surface area contributed by atoms with E-state index in [1.807, 2.05) is 18.2 Å². The van der Waals surface area contributed by atoms with Gasteiger partial charge in [-0.05, 0) is 74.5 Å². The van der Waals surface area contributed by atoms with Gasteiger partial charge in [0, 0.05) is 11.0 Å². The lowest BCUT2D eigenvalue weighted by atomic mass is 9.67. The largest absolute Gasteiger partial charge is 0.381 e. The molecule has 0 unspecified atom stereocenters. The molecule has 3 aliphatic rings. The normalized spacial score (nSPS) is 28.3. The Balaban J connectivity index is 1.83. The zero-order valence-corrected chi connectivity index (χ0v) is 13.9. The molecule has 0 bridgehead atoms. The van der Waals surface area contributed by atoms with Crippen molar-refractivity contribution in [3.05, 3.63) is 69.8 Å². The highest BCUT2D eigenvalue weighted by atomic mass is 16.3. The average molecular weight is 305 g/mol. The van der Waals surface area contributed by atoms with Gasteiger partial charge in [0.1, 0.15) is 5.60 Å². The number of carbonyl (C=O) groups is 1. The second-order valence-corrected chi connectivity index (χ2v) is 7.29. The number of rotatable bonds is 2. The van der Waals surface area contributed by atoms with Gasteiger partial charge in [0.2, 0.25) is 0 Å². The molecule has 0 amide bonds. The highest BCUT2D eigenvalue weighted by molar-refractivity contribution is 6.10. The molecule has 1 fully saturated rings. The van der Waals surface area contributed by atoms with Gasteiger partial charge in [-0.3, -0.25) is 4.79 Å². The molecule has 2 heteroatoms. The Hall–Kier alpha value is -1.93. The molecule has 1 atom stereocenters. The summed E-state index contributed by atoms with van der Waals surface area (Å²) in [5, 5.41) is 10.9. The number of ketones is 1. The molecule has 0 heterocycles. The molecule has 2 nitrogen and oxygen atoms in total. The van der Waals surface area contributed by atoms with Crippen LogP contribution in [-0.4, -0.2) is 16.5 Å². The van der Waals surface area contributed by atoms with Crippen molar-refractivity contribution in [2.24, 2.45) is 5.41 Å². The smallest absolute Gasteiger partial charge is 0.195 e. The van der Waals surface area contributed by atoms with Crippen LogP contribution in [0.25, 0.3) is 0 Å². The first-order chi connectivity index (χ1) is 10.9. The number of allylic oxidation sites excluding steroid dienone is 4. The van der Waals surface area contributed by atoms with Crippen LogP contribution in [0.15, 0.2) is 58.2 Å². The lowest BCUT2D eigenvalue weighted by Crippen LogP contribution is -2.49. The quantitative estimate of drug-likeness (QED) is 0.904. The maximum Gasteiger partial charge on any atom is 0.195 e. The minimum atomic E-state index is -1.26. The molecule has 23 heavy (non-hydrogen) atoms. The third kappa shape index (κ3) is 1.82. The van der Waals surface area contributed by atoms with Crippen molar-refractivity contribution in [2.75, 3.05) is 0 Å². The SMILES string of the molecule is CC1=C(Cc2cc[c]cc2)C2=C(C)C3(CC3)[C@@](C)(O)C(=O)C2=C1. The van der Waals surface area contributed by atoms with Crippen LogP contribution in [0.2, 0.25) is 0 Å². The summed E-state index contributed by atoms with van der Waals surface area (Å²) in [7, 11) is 0. The van der Waals surface area contributed by atoms with E-state index in [2.05, 4.69) is 32.0 Å². The molecule has 0 saturated heterocycles. The zero-order valence-electron chi connectivity index (χ0n) is 13.9. The summed E-state index contributed by atoms with van der Waals surface area (Å²) >= 11 is 0. The minimum absolute atomic E-state index is 0.105. The van der Waals surface area contributed by atoms with Gasteiger partial charge in [-0.2, -0.15) is 0 Å². The Bertz CT molecular complexity index is 800. The standard InChI is InChI=1S/C21H21O2/c1-13-11-17-18(16(13)12-15-7-5-4-6-8-15)14(2)21(9-10-21)20(3,23)19(17)22/h5-8,11,23H,9-10,12H2,1-3H3/t20-/m0/s1. The fourth-order valence-corrected chi connectivity index (χ4v) is 4.38. The van der Waals surface area contributed by atoms with Crippen LogP contribution in [-0.2, 0) is 11.2 Å². The molecule has 1 N–H and O–H groups in total. The van der Waals surface area contributed by atoms with E-state index >= 15 is 0 Å². The minimum Gasteiger partial charge on any atom is -0.381 e. The van der Waals surface area contributed by atoms with Gasteiger partial charge in [0.25, 0.3) is 0 Å². The number of carbonyl (C=O) groups excluding carboxylic acids is 1. The van der Waals surface area contributed by atoms with E-state index < -0.39 is 5.60 Å². The Kier molecular flexibility index (Phi) is 2.90. The molecule has 1 radical (unpaired) electrons. The first kappa shape index (κ1) is 14.6. The van der Waals surface area contributed by atoms with Crippen molar-refractivity contribution in [3.63, 3.8) is 0 Å². The van der Waals surface area contributed by atoms with E-state index in [1.165, 1.54) is 16.7 Å². The van der Waals surface area contributed by atoms with Crippen LogP contribution >= 0.6 is 0 Å². The number of fused-ring (bicyclic) bond motifs is 1. The first-order valence-corrected chi connectivity index (χ1v) is 8.24. The van der Waals surface area contributed by atoms with Gasteiger partial charge in [-0.25, -0.2) is 0 Å². The maximum absolute atomic E-state index is 12.9. The Morgan fingerprint density at radius 1 is 1.22 bits per heavy atom. The van der Waals surface area contributed by atoms with Crippen molar-refractivity contribution in [1.82, 2.24) is 0 Å². The van der Waals surface area contributed by atoms with Gasteiger partial charge in [0.05, 0.1) is 0 Å². The van der Waals surface area contributed by atoms with Crippen molar-refractivity contribution in [2.45, 2.75) is 45.6 Å². The molecule has 0 aromatic heterocycles. The first-order valence-electron chi connectivity index (χ1n) is 8.24. The second kappa shape index (κ2) is 4.55. The second-order valence-electron chi connectivity index (χ2n) is 7.29.